The van der Waals surface area contributed by atoms with Crippen molar-refractivity contribution in [2.24, 2.45) is 0 Å². The third-order valence-electron chi connectivity index (χ3n) is 2.65. The van der Waals surface area contributed by atoms with Crippen molar-refractivity contribution in [3.05, 3.63) is 0 Å². The predicted octanol–water partition coefficient (Wildman–Crippen LogP) is 1.63. The van der Waals surface area contributed by atoms with Crippen molar-refractivity contribution in [1.82, 2.24) is 4.90 Å². The summed E-state index contributed by atoms with van der Waals surface area (Å²) in [6, 6.07) is 0.371. The normalized spacial score (nSPS) is 12.6. The Morgan fingerprint density at radius 2 is 1.88 bits per heavy atom. The van der Waals surface area contributed by atoms with E-state index in [1.54, 1.807) is 6.92 Å². The molecule has 0 aliphatic heterocycles. The quantitative estimate of drug-likeness (QED) is 0.469. The van der Waals surface area contributed by atoms with Crippen LogP contribution >= 0.6 is 0 Å². The molecule has 0 aromatic rings. The summed E-state index contributed by atoms with van der Waals surface area (Å²) in [5.41, 5.74) is 0. The molecular weight excluding hydrogens is 206 g/mol. The number of hydrogen-bond donors (Lipinski definition) is 0. The van der Waals surface area contributed by atoms with Gasteiger partial charge in [-0.15, -0.1) is 0 Å². The van der Waals surface area contributed by atoms with E-state index < -0.39 is 5.97 Å². The van der Waals surface area contributed by atoms with E-state index in [4.69, 9.17) is 4.74 Å². The van der Waals surface area contributed by atoms with Gasteiger partial charge < -0.3 is 4.74 Å². The van der Waals surface area contributed by atoms with Gasteiger partial charge in [-0.05, 0) is 26.8 Å². The fourth-order valence-electron chi connectivity index (χ4n) is 1.49. The molecule has 0 aliphatic carbocycles. The van der Waals surface area contributed by atoms with Crippen LogP contribution in [-0.4, -0.2) is 42.4 Å². The van der Waals surface area contributed by atoms with E-state index in [0.29, 0.717) is 19.2 Å². The van der Waals surface area contributed by atoms with Gasteiger partial charge in [0.1, 0.15) is 6.42 Å². The Morgan fingerprint density at radius 3 is 2.31 bits per heavy atom. The largest absolute Gasteiger partial charge is 0.466 e. The Kier molecular flexibility index (Phi) is 7.81. The van der Waals surface area contributed by atoms with Crippen LogP contribution in [-0.2, 0) is 14.3 Å². The minimum Gasteiger partial charge on any atom is -0.466 e. The molecule has 0 aromatic carbocycles. The molecule has 94 valence electrons. The van der Waals surface area contributed by atoms with E-state index in [0.717, 1.165) is 13.0 Å². The Bertz CT molecular complexity index is 228. The minimum absolute atomic E-state index is 0.0689. The van der Waals surface area contributed by atoms with E-state index in [2.05, 4.69) is 18.7 Å². The van der Waals surface area contributed by atoms with E-state index in [1.807, 2.05) is 6.92 Å². The lowest BCUT2D eigenvalue weighted by Gasteiger charge is -2.25. The van der Waals surface area contributed by atoms with Crippen molar-refractivity contribution in [3.63, 3.8) is 0 Å². The second-order valence-electron chi connectivity index (χ2n) is 3.84. The van der Waals surface area contributed by atoms with E-state index in [1.165, 1.54) is 0 Å². The van der Waals surface area contributed by atoms with Gasteiger partial charge in [-0.3, -0.25) is 14.5 Å². The molecule has 0 bridgehead atoms. The van der Waals surface area contributed by atoms with Crippen LogP contribution in [0.4, 0.5) is 0 Å². The molecule has 0 fully saturated rings. The zero-order valence-corrected chi connectivity index (χ0v) is 10.8. The number of ketones is 1. The smallest absolute Gasteiger partial charge is 0.313 e. The number of Topliss-reactive ketones (excluding diaryl/α,β-unsaturated/α-hetero) is 1. The number of hydrogen-bond acceptors (Lipinski definition) is 4. The average Bonchev–Trinajstić information content (AvgIpc) is 2.25. The fourth-order valence-corrected chi connectivity index (χ4v) is 1.49. The van der Waals surface area contributed by atoms with Crippen LogP contribution in [0.2, 0.25) is 0 Å². The number of carbonyl (C=O) groups excluding carboxylic acids is 2. The number of likely N-dealkylation sites (N-methyl/N-ethyl adjacent to an activating group) is 1. The van der Waals surface area contributed by atoms with Gasteiger partial charge >= 0.3 is 5.97 Å². The highest BCUT2D eigenvalue weighted by Gasteiger charge is 2.16. The van der Waals surface area contributed by atoms with E-state index in [-0.39, 0.29) is 12.2 Å². The molecule has 0 saturated heterocycles. The highest BCUT2D eigenvalue weighted by atomic mass is 16.5. The lowest BCUT2D eigenvalue weighted by molar-refractivity contribution is -0.145. The molecule has 0 saturated carbocycles. The minimum atomic E-state index is -0.423. The Balaban J connectivity index is 4.05. The molecule has 0 aromatic heterocycles. The summed E-state index contributed by atoms with van der Waals surface area (Å²) in [4.78, 5) is 24.7. The van der Waals surface area contributed by atoms with Gasteiger partial charge in [-0.1, -0.05) is 13.8 Å². The van der Waals surface area contributed by atoms with Crippen molar-refractivity contribution in [2.45, 2.75) is 46.6 Å². The van der Waals surface area contributed by atoms with Gasteiger partial charge in [-0.2, -0.15) is 0 Å². The summed E-state index contributed by atoms with van der Waals surface area (Å²) >= 11 is 0. The molecule has 0 radical (unpaired) electrons. The topological polar surface area (TPSA) is 46.6 Å². The van der Waals surface area contributed by atoms with Crippen molar-refractivity contribution in [3.8, 4) is 0 Å². The van der Waals surface area contributed by atoms with Gasteiger partial charge in [-0.25, -0.2) is 0 Å². The molecule has 0 aliphatic rings. The first-order valence-corrected chi connectivity index (χ1v) is 5.96. The van der Waals surface area contributed by atoms with Crippen LogP contribution in [0.5, 0.6) is 0 Å². The van der Waals surface area contributed by atoms with Crippen LogP contribution in [0.15, 0.2) is 0 Å². The molecule has 0 heterocycles. The maximum Gasteiger partial charge on any atom is 0.313 e. The summed E-state index contributed by atoms with van der Waals surface area (Å²) in [5.74, 6) is -0.492. The third-order valence-corrected chi connectivity index (χ3v) is 2.65. The number of esters is 1. The number of nitrogens with zero attached hydrogens (tertiary/aromatic N) is 1. The first-order chi connectivity index (χ1) is 7.54. The number of rotatable bonds is 8. The Labute approximate surface area is 98.0 Å². The first-order valence-electron chi connectivity index (χ1n) is 5.96. The molecule has 1 unspecified atom stereocenters. The molecule has 4 heteroatoms. The Hall–Kier alpha value is -0.900. The summed E-state index contributed by atoms with van der Waals surface area (Å²) in [6.07, 6.45) is 0.890. The zero-order valence-electron chi connectivity index (χ0n) is 10.8. The lowest BCUT2D eigenvalue weighted by atomic mass is 10.2. The summed E-state index contributed by atoms with van der Waals surface area (Å²) in [6.45, 7) is 9.41. The predicted molar refractivity (Wildman–Crippen MR) is 63.3 cm³/mol. The standard InChI is InChI=1S/C12H23NO3/c1-5-10(4)13(6-2)9-11(14)8-12(15)16-7-3/h10H,5-9H2,1-4H3. The Morgan fingerprint density at radius 1 is 1.25 bits per heavy atom. The summed E-state index contributed by atoms with van der Waals surface area (Å²) < 4.78 is 4.74. The highest BCUT2D eigenvalue weighted by Crippen LogP contribution is 2.03. The zero-order chi connectivity index (χ0) is 12.6. The van der Waals surface area contributed by atoms with Gasteiger partial charge in [0.25, 0.3) is 0 Å². The third kappa shape index (κ3) is 5.85. The molecule has 1 atom stereocenters. The highest BCUT2D eigenvalue weighted by molar-refractivity contribution is 5.96. The molecule has 16 heavy (non-hydrogen) atoms. The van der Waals surface area contributed by atoms with Crippen LogP contribution in [0, 0.1) is 0 Å². The number of ether oxygens (including phenoxy) is 1. The van der Waals surface area contributed by atoms with E-state index in [9.17, 15) is 9.59 Å². The second kappa shape index (κ2) is 8.28. The molecule has 0 amide bonds. The maximum atomic E-state index is 11.6. The van der Waals surface area contributed by atoms with Crippen LogP contribution in [0.3, 0.4) is 0 Å². The SMILES string of the molecule is CCOC(=O)CC(=O)CN(CC)C(C)CC. The number of carbonyl (C=O) groups is 2. The fraction of sp³-hybridized carbons (Fsp3) is 0.833. The summed E-state index contributed by atoms with van der Waals surface area (Å²) in [7, 11) is 0. The van der Waals surface area contributed by atoms with Gasteiger partial charge in [0, 0.05) is 6.04 Å². The van der Waals surface area contributed by atoms with Crippen molar-refractivity contribution < 1.29 is 14.3 Å². The second-order valence-corrected chi connectivity index (χ2v) is 3.84. The van der Waals surface area contributed by atoms with E-state index >= 15 is 0 Å². The van der Waals surface area contributed by atoms with Crippen LogP contribution in [0.1, 0.15) is 40.5 Å². The van der Waals surface area contributed by atoms with Gasteiger partial charge in [0.2, 0.25) is 0 Å². The van der Waals surface area contributed by atoms with Crippen LogP contribution in [0.25, 0.3) is 0 Å². The lowest BCUT2D eigenvalue weighted by Crippen LogP contribution is -2.37. The van der Waals surface area contributed by atoms with Gasteiger partial charge in [0.05, 0.1) is 13.2 Å². The molecule has 0 N–H and O–H groups in total. The molecule has 0 spiro atoms. The van der Waals surface area contributed by atoms with Crippen molar-refractivity contribution >= 4 is 11.8 Å². The first kappa shape index (κ1) is 15.1. The average molecular weight is 229 g/mol. The van der Waals surface area contributed by atoms with Crippen molar-refractivity contribution in [2.75, 3.05) is 19.7 Å². The molecule has 0 rings (SSSR count). The molecular formula is C12H23NO3. The maximum absolute atomic E-state index is 11.6. The van der Waals surface area contributed by atoms with Crippen LogP contribution < -0.4 is 0 Å². The monoisotopic (exact) mass is 229 g/mol. The van der Waals surface area contributed by atoms with Gasteiger partial charge in [0.15, 0.2) is 5.78 Å². The molecule has 4 nitrogen and oxygen atoms in total. The summed E-state index contributed by atoms with van der Waals surface area (Å²) in [5, 5.41) is 0. The van der Waals surface area contributed by atoms with Crippen molar-refractivity contribution in [1.29, 1.82) is 0 Å².